The van der Waals surface area contributed by atoms with Gasteiger partial charge in [0.1, 0.15) is 0 Å². The molecule has 1 N–H and O–H groups in total. The van der Waals surface area contributed by atoms with Gasteiger partial charge in [-0.25, -0.2) is 9.48 Å². The highest BCUT2D eigenvalue weighted by Crippen LogP contribution is 2.31. The molecule has 0 aliphatic carbocycles. The maximum atomic E-state index is 11.5. The van der Waals surface area contributed by atoms with Crippen LogP contribution in [-0.4, -0.2) is 20.9 Å². The second-order valence-electron chi connectivity index (χ2n) is 3.93. The Labute approximate surface area is 128 Å². The number of hydrogen-bond acceptors (Lipinski definition) is 3. The molecule has 0 atom stereocenters. The number of hydrogen-bond donors (Lipinski definition) is 1. The first-order valence-corrected chi connectivity index (χ1v) is 6.44. The largest absolute Gasteiger partial charge is 0.476 e. The average Bonchev–Trinajstić information content (AvgIpc) is 2.34. The Morgan fingerprint density at radius 2 is 1.75 bits per heavy atom. The predicted octanol–water partition coefficient (Wildman–Crippen LogP) is 3.20. The first-order valence-electron chi connectivity index (χ1n) is 5.30. The van der Waals surface area contributed by atoms with E-state index in [-0.39, 0.29) is 15.1 Å². The van der Waals surface area contributed by atoms with Gasteiger partial charge in [-0.3, -0.25) is 4.79 Å². The van der Waals surface area contributed by atoms with Gasteiger partial charge in [0.25, 0.3) is 0 Å². The highest BCUT2D eigenvalue weighted by Gasteiger charge is 2.16. The molecule has 0 saturated carbocycles. The molecule has 0 fully saturated rings. The second kappa shape index (κ2) is 5.44. The van der Waals surface area contributed by atoms with Crippen LogP contribution in [0.25, 0.3) is 5.69 Å². The van der Waals surface area contributed by atoms with Crippen molar-refractivity contribution in [1.82, 2.24) is 9.78 Å². The summed E-state index contributed by atoms with van der Waals surface area (Å²) < 4.78 is 1.23. The van der Waals surface area contributed by atoms with Gasteiger partial charge < -0.3 is 5.11 Å². The van der Waals surface area contributed by atoms with Gasteiger partial charge >= 0.3 is 5.97 Å². The number of rotatable bonds is 2. The van der Waals surface area contributed by atoms with Crippen LogP contribution in [0.4, 0.5) is 0 Å². The van der Waals surface area contributed by atoms with Crippen LogP contribution in [0.15, 0.2) is 23.0 Å². The van der Waals surface area contributed by atoms with E-state index in [2.05, 4.69) is 5.10 Å². The van der Waals surface area contributed by atoms with Crippen LogP contribution in [-0.2, 0) is 0 Å². The lowest BCUT2D eigenvalue weighted by molar-refractivity contribution is 0.0686. The summed E-state index contributed by atoms with van der Waals surface area (Å²) >= 11 is 17.8. The lowest BCUT2D eigenvalue weighted by Crippen LogP contribution is -2.22. The summed E-state index contributed by atoms with van der Waals surface area (Å²) in [5.41, 5.74) is -0.526. The molecular weight excluding hydrogens is 327 g/mol. The molecule has 0 aliphatic rings. The zero-order chi connectivity index (χ0) is 15.0. The van der Waals surface area contributed by atoms with Crippen molar-refractivity contribution in [2.75, 3.05) is 0 Å². The molecule has 8 heteroatoms. The van der Waals surface area contributed by atoms with Crippen molar-refractivity contribution >= 4 is 40.8 Å². The zero-order valence-corrected chi connectivity index (χ0v) is 12.3. The topological polar surface area (TPSA) is 72.2 Å². The van der Waals surface area contributed by atoms with E-state index in [9.17, 15) is 9.59 Å². The van der Waals surface area contributed by atoms with Gasteiger partial charge in [0, 0.05) is 11.8 Å². The van der Waals surface area contributed by atoms with Gasteiger partial charge in [-0.05, 0) is 19.1 Å². The number of carboxylic acid groups (broad SMARTS) is 1. The summed E-state index contributed by atoms with van der Waals surface area (Å²) in [7, 11) is 0. The highest BCUT2D eigenvalue weighted by molar-refractivity contribution is 6.43. The monoisotopic (exact) mass is 332 g/mol. The summed E-state index contributed by atoms with van der Waals surface area (Å²) in [6.07, 6.45) is 0. The fourth-order valence-corrected chi connectivity index (χ4v) is 2.23. The van der Waals surface area contributed by atoms with Gasteiger partial charge in [-0.2, -0.15) is 5.10 Å². The maximum Gasteiger partial charge on any atom is 0.360 e. The van der Waals surface area contributed by atoms with Gasteiger partial charge in [-0.15, -0.1) is 0 Å². The number of aromatic nitrogens is 2. The van der Waals surface area contributed by atoms with Gasteiger partial charge in [0.15, 0.2) is 0 Å². The SMILES string of the molecule is Cc1cc(=O)c(C(=O)O)nn1-c1cc(Cl)c(Cl)cc1Cl. The summed E-state index contributed by atoms with van der Waals surface area (Å²) in [5.74, 6) is -1.42. The van der Waals surface area contributed by atoms with Crippen molar-refractivity contribution in [3.8, 4) is 5.69 Å². The van der Waals surface area contributed by atoms with Crippen molar-refractivity contribution in [1.29, 1.82) is 0 Å². The van der Waals surface area contributed by atoms with E-state index in [0.717, 1.165) is 6.07 Å². The Hall–Kier alpha value is -1.56. The van der Waals surface area contributed by atoms with E-state index < -0.39 is 17.1 Å². The van der Waals surface area contributed by atoms with Crippen LogP contribution in [0, 0.1) is 6.92 Å². The predicted molar refractivity (Wildman–Crippen MR) is 76.6 cm³/mol. The molecule has 20 heavy (non-hydrogen) atoms. The van der Waals surface area contributed by atoms with Gasteiger partial charge in [0.05, 0.1) is 20.8 Å². The quantitative estimate of drug-likeness (QED) is 0.857. The number of benzene rings is 1. The average molecular weight is 334 g/mol. The van der Waals surface area contributed by atoms with Crippen molar-refractivity contribution in [2.45, 2.75) is 6.92 Å². The van der Waals surface area contributed by atoms with Crippen LogP contribution in [0.3, 0.4) is 0 Å². The molecule has 1 aromatic heterocycles. The minimum atomic E-state index is -1.42. The van der Waals surface area contributed by atoms with Crippen molar-refractivity contribution < 1.29 is 9.90 Å². The third kappa shape index (κ3) is 2.65. The van der Waals surface area contributed by atoms with Crippen LogP contribution >= 0.6 is 34.8 Å². The van der Waals surface area contributed by atoms with Gasteiger partial charge in [0.2, 0.25) is 11.1 Å². The van der Waals surface area contributed by atoms with Crippen LogP contribution in [0.5, 0.6) is 0 Å². The van der Waals surface area contributed by atoms with E-state index in [4.69, 9.17) is 39.9 Å². The Balaban J connectivity index is 2.76. The minimum Gasteiger partial charge on any atom is -0.476 e. The number of aryl methyl sites for hydroxylation is 1. The molecule has 0 spiro atoms. The van der Waals surface area contributed by atoms with E-state index in [1.807, 2.05) is 0 Å². The van der Waals surface area contributed by atoms with E-state index >= 15 is 0 Å². The maximum absolute atomic E-state index is 11.5. The molecule has 0 unspecified atom stereocenters. The number of nitrogens with zero attached hydrogens (tertiary/aromatic N) is 2. The standard InChI is InChI=1S/C12H7Cl3N2O3/c1-5-2-10(18)11(12(19)20)16-17(5)9-4-7(14)6(13)3-8(9)15/h2-4H,1H3,(H,19,20). The molecule has 5 nitrogen and oxygen atoms in total. The fourth-order valence-electron chi connectivity index (χ4n) is 1.61. The van der Waals surface area contributed by atoms with Crippen LogP contribution in [0.2, 0.25) is 15.1 Å². The van der Waals surface area contributed by atoms with Crippen molar-refractivity contribution in [3.63, 3.8) is 0 Å². The number of carboxylic acids is 1. The lowest BCUT2D eigenvalue weighted by atomic mass is 10.2. The molecular formula is C12H7Cl3N2O3. The molecule has 0 bridgehead atoms. The molecule has 1 aromatic carbocycles. The van der Waals surface area contributed by atoms with Crippen LogP contribution < -0.4 is 5.43 Å². The van der Waals surface area contributed by atoms with E-state index in [1.165, 1.54) is 16.8 Å². The second-order valence-corrected chi connectivity index (χ2v) is 5.15. The Morgan fingerprint density at radius 3 is 2.35 bits per heavy atom. The third-order valence-corrected chi connectivity index (χ3v) is 3.55. The summed E-state index contributed by atoms with van der Waals surface area (Å²) in [6.45, 7) is 1.60. The van der Waals surface area contributed by atoms with Gasteiger partial charge in [-0.1, -0.05) is 34.8 Å². The summed E-state index contributed by atoms with van der Waals surface area (Å²) in [6, 6.07) is 4.03. The normalized spacial score (nSPS) is 10.6. The highest BCUT2D eigenvalue weighted by atomic mass is 35.5. The smallest absolute Gasteiger partial charge is 0.360 e. The molecule has 1 heterocycles. The zero-order valence-electron chi connectivity index (χ0n) is 10.0. The van der Waals surface area contributed by atoms with E-state index in [1.54, 1.807) is 6.92 Å². The molecule has 0 amide bonds. The molecule has 0 aliphatic heterocycles. The van der Waals surface area contributed by atoms with E-state index in [0.29, 0.717) is 11.4 Å². The molecule has 0 radical (unpaired) electrons. The molecule has 2 rings (SSSR count). The number of aromatic carboxylic acids is 1. The molecule has 2 aromatic rings. The number of carbonyl (C=O) groups is 1. The Kier molecular flexibility index (Phi) is 4.04. The summed E-state index contributed by atoms with van der Waals surface area (Å²) in [5, 5.41) is 13.5. The van der Waals surface area contributed by atoms with Crippen LogP contribution in [0.1, 0.15) is 16.2 Å². The fraction of sp³-hybridized carbons (Fsp3) is 0.0833. The molecule has 104 valence electrons. The molecule has 0 saturated heterocycles. The minimum absolute atomic E-state index is 0.231. The first kappa shape index (κ1) is 14.8. The summed E-state index contributed by atoms with van der Waals surface area (Å²) in [4.78, 5) is 22.5. The first-order chi connectivity index (χ1) is 9.31. The lowest BCUT2D eigenvalue weighted by Gasteiger charge is -2.12. The number of halogens is 3. The van der Waals surface area contributed by atoms with Crippen molar-refractivity contribution in [2.24, 2.45) is 0 Å². The Bertz CT molecular complexity index is 771. The third-order valence-electron chi connectivity index (χ3n) is 2.53. The van der Waals surface area contributed by atoms with Crippen molar-refractivity contribution in [3.05, 3.63) is 54.9 Å². The Morgan fingerprint density at radius 1 is 1.15 bits per heavy atom.